The number of esters is 1. The van der Waals surface area contributed by atoms with Crippen molar-refractivity contribution in [1.29, 1.82) is 0 Å². The van der Waals surface area contributed by atoms with Crippen LogP contribution >= 0.6 is 0 Å². The fourth-order valence-electron chi connectivity index (χ4n) is 6.58. The number of hydrogen-bond acceptors (Lipinski definition) is 6. The lowest BCUT2D eigenvalue weighted by Gasteiger charge is -2.38. The maximum atomic E-state index is 14.3. The minimum Gasteiger partial charge on any atom is -0.465 e. The molecule has 1 aromatic rings. The van der Waals surface area contributed by atoms with Gasteiger partial charge in [0.25, 0.3) is 0 Å². The summed E-state index contributed by atoms with van der Waals surface area (Å²) in [7, 11) is 0. The molecular weight excluding hydrogens is 484 g/mol. The summed E-state index contributed by atoms with van der Waals surface area (Å²) in [5.41, 5.74) is -1.10. The van der Waals surface area contributed by atoms with Gasteiger partial charge in [-0.2, -0.15) is 0 Å². The van der Waals surface area contributed by atoms with Crippen molar-refractivity contribution >= 4 is 17.8 Å². The molecule has 0 radical (unpaired) electrons. The molecule has 2 amide bonds. The number of hydrogen-bond donors (Lipinski definition) is 1. The lowest BCUT2D eigenvalue weighted by Crippen LogP contribution is -2.58. The van der Waals surface area contributed by atoms with Gasteiger partial charge in [0.1, 0.15) is 17.6 Å². The van der Waals surface area contributed by atoms with E-state index in [4.69, 9.17) is 9.47 Å². The molecule has 206 valence electrons. The van der Waals surface area contributed by atoms with Crippen molar-refractivity contribution in [1.82, 2.24) is 9.80 Å². The van der Waals surface area contributed by atoms with E-state index in [1.165, 1.54) is 4.90 Å². The van der Waals surface area contributed by atoms with Gasteiger partial charge in [-0.25, -0.2) is 0 Å². The number of likely N-dealkylation sites (tertiary alicyclic amines) is 1. The Morgan fingerprint density at radius 2 is 1.97 bits per heavy atom. The standard InChI is InChI=1S/C30H40N2O6/c1-5-7-8-12-18-37-28(36)24-23-26(34)32(21(3)20-33)25(30(23)16-15-29(24,4)38-30)27(35)31(17-6-2)19-22-13-10-9-11-14-22/h5-6,9-11,13-14,21,23-25,33H,1-2,7-8,12,15-20H2,3-4H3/t21-,23+,24-,25?,29+,30?/m1/s1. The molecule has 3 heterocycles. The molecule has 3 saturated heterocycles. The van der Waals surface area contributed by atoms with E-state index in [0.717, 1.165) is 18.4 Å². The van der Waals surface area contributed by atoms with Crippen LogP contribution < -0.4 is 0 Å². The Labute approximate surface area is 225 Å². The topological polar surface area (TPSA) is 96.4 Å². The Bertz CT molecular complexity index is 1060. The number of ether oxygens (including phenoxy) is 2. The van der Waals surface area contributed by atoms with Gasteiger partial charge >= 0.3 is 5.97 Å². The molecule has 1 aromatic carbocycles. The van der Waals surface area contributed by atoms with Gasteiger partial charge < -0.3 is 24.4 Å². The monoisotopic (exact) mass is 524 g/mol. The van der Waals surface area contributed by atoms with Gasteiger partial charge in [0.15, 0.2) is 0 Å². The predicted molar refractivity (Wildman–Crippen MR) is 143 cm³/mol. The molecule has 1 N–H and O–H groups in total. The van der Waals surface area contributed by atoms with E-state index in [1.807, 2.05) is 43.3 Å². The number of unbranched alkanes of at least 4 members (excludes halogenated alkanes) is 2. The number of rotatable bonds is 13. The zero-order valence-electron chi connectivity index (χ0n) is 22.5. The van der Waals surface area contributed by atoms with Gasteiger partial charge in [-0.15, -0.1) is 13.2 Å². The van der Waals surface area contributed by atoms with E-state index >= 15 is 0 Å². The lowest BCUT2D eigenvalue weighted by atomic mass is 9.66. The zero-order chi connectivity index (χ0) is 27.5. The molecule has 0 aromatic heterocycles. The third-order valence-corrected chi connectivity index (χ3v) is 8.37. The van der Waals surface area contributed by atoms with Crippen molar-refractivity contribution in [2.45, 2.75) is 75.8 Å². The Balaban J connectivity index is 1.66. The number of aliphatic hydroxyl groups is 1. The number of benzene rings is 1. The van der Waals surface area contributed by atoms with Crippen molar-refractivity contribution in [2.24, 2.45) is 11.8 Å². The molecule has 4 rings (SSSR count). The molecule has 38 heavy (non-hydrogen) atoms. The Morgan fingerprint density at radius 1 is 1.24 bits per heavy atom. The van der Waals surface area contributed by atoms with Crippen LogP contribution in [0.3, 0.4) is 0 Å². The number of amides is 2. The highest BCUT2D eigenvalue weighted by Crippen LogP contribution is 2.63. The van der Waals surface area contributed by atoms with Crippen LogP contribution in [0.15, 0.2) is 55.6 Å². The van der Waals surface area contributed by atoms with Crippen LogP contribution in [-0.4, -0.2) is 75.7 Å². The third-order valence-electron chi connectivity index (χ3n) is 8.37. The molecule has 0 saturated carbocycles. The SMILES string of the molecule is C=CCCCCOC(=O)[C@H]1[C@H]2C(=O)N([C@H](C)CO)C(C(=O)N(CC=C)Cc3ccccc3)C23CC[C@]1(C)O3. The summed E-state index contributed by atoms with van der Waals surface area (Å²) in [6.45, 7) is 11.7. The Hall–Kier alpha value is -2.97. The molecule has 3 fully saturated rings. The highest BCUT2D eigenvalue weighted by atomic mass is 16.6. The summed E-state index contributed by atoms with van der Waals surface area (Å²) in [6, 6.07) is 8.04. The van der Waals surface area contributed by atoms with Gasteiger partial charge in [-0.05, 0) is 51.5 Å². The maximum absolute atomic E-state index is 14.3. The second-order valence-corrected chi connectivity index (χ2v) is 10.9. The molecule has 0 aliphatic carbocycles. The molecule has 3 aliphatic rings. The minimum atomic E-state index is -1.16. The minimum absolute atomic E-state index is 0.260. The van der Waals surface area contributed by atoms with Crippen LogP contribution in [0.25, 0.3) is 0 Å². The summed E-state index contributed by atoms with van der Waals surface area (Å²) >= 11 is 0. The van der Waals surface area contributed by atoms with Crippen LogP contribution in [-0.2, 0) is 30.4 Å². The van der Waals surface area contributed by atoms with Crippen LogP contribution in [0.2, 0.25) is 0 Å². The summed E-state index contributed by atoms with van der Waals surface area (Å²) in [6.07, 6.45) is 6.91. The molecule has 2 bridgehead atoms. The van der Waals surface area contributed by atoms with Crippen molar-refractivity contribution in [3.8, 4) is 0 Å². The first-order valence-electron chi connectivity index (χ1n) is 13.6. The number of nitrogens with zero attached hydrogens (tertiary/aromatic N) is 2. The number of aliphatic hydroxyl groups excluding tert-OH is 1. The molecule has 8 nitrogen and oxygen atoms in total. The first kappa shape index (κ1) is 28.0. The second-order valence-electron chi connectivity index (χ2n) is 10.9. The molecule has 1 spiro atoms. The van der Waals surface area contributed by atoms with E-state index in [0.29, 0.717) is 25.8 Å². The van der Waals surface area contributed by atoms with E-state index in [1.54, 1.807) is 17.9 Å². The third kappa shape index (κ3) is 4.80. The molecular formula is C30H40N2O6. The van der Waals surface area contributed by atoms with Gasteiger partial charge in [-0.1, -0.05) is 42.5 Å². The van der Waals surface area contributed by atoms with Crippen molar-refractivity contribution < 1.29 is 29.0 Å². The van der Waals surface area contributed by atoms with Crippen molar-refractivity contribution in [3.63, 3.8) is 0 Å². The quantitative estimate of drug-likeness (QED) is 0.242. The summed E-state index contributed by atoms with van der Waals surface area (Å²) in [4.78, 5) is 44.9. The summed E-state index contributed by atoms with van der Waals surface area (Å²) in [5.74, 6) is -2.71. The van der Waals surface area contributed by atoms with Gasteiger partial charge in [0, 0.05) is 13.1 Å². The predicted octanol–water partition coefficient (Wildman–Crippen LogP) is 3.25. The molecule has 2 unspecified atom stereocenters. The summed E-state index contributed by atoms with van der Waals surface area (Å²) in [5, 5.41) is 10.1. The number of carbonyl (C=O) groups excluding carboxylic acids is 3. The molecule has 8 heteroatoms. The van der Waals surface area contributed by atoms with Crippen molar-refractivity contribution in [2.75, 3.05) is 19.8 Å². The fourth-order valence-corrected chi connectivity index (χ4v) is 6.58. The van der Waals surface area contributed by atoms with E-state index in [2.05, 4.69) is 13.2 Å². The molecule has 6 atom stereocenters. The Kier molecular flexibility index (Phi) is 8.43. The van der Waals surface area contributed by atoms with Gasteiger partial charge in [-0.3, -0.25) is 14.4 Å². The number of allylic oxidation sites excluding steroid dienone is 1. The average Bonchev–Trinajstić information content (AvgIpc) is 3.48. The zero-order valence-corrected chi connectivity index (χ0v) is 22.5. The maximum Gasteiger partial charge on any atom is 0.312 e. The highest BCUT2D eigenvalue weighted by molar-refractivity contribution is 5.98. The van der Waals surface area contributed by atoms with Crippen LogP contribution in [0.4, 0.5) is 0 Å². The first-order chi connectivity index (χ1) is 18.2. The molecule has 3 aliphatic heterocycles. The van der Waals surface area contributed by atoms with E-state index in [-0.39, 0.29) is 31.6 Å². The second kappa shape index (κ2) is 11.4. The van der Waals surface area contributed by atoms with Crippen molar-refractivity contribution in [3.05, 3.63) is 61.2 Å². The lowest BCUT2D eigenvalue weighted by molar-refractivity contribution is -0.162. The number of carbonyl (C=O) groups is 3. The van der Waals surface area contributed by atoms with Crippen LogP contribution in [0, 0.1) is 11.8 Å². The fraction of sp³-hybridized carbons (Fsp3) is 0.567. The average molecular weight is 525 g/mol. The Morgan fingerprint density at radius 3 is 2.63 bits per heavy atom. The van der Waals surface area contributed by atoms with Gasteiger partial charge in [0.2, 0.25) is 11.8 Å². The normalized spacial score (nSPS) is 30.1. The smallest absolute Gasteiger partial charge is 0.312 e. The summed E-state index contributed by atoms with van der Waals surface area (Å²) < 4.78 is 12.3. The first-order valence-corrected chi connectivity index (χ1v) is 13.6. The van der Waals surface area contributed by atoms with E-state index < -0.39 is 41.1 Å². The highest BCUT2D eigenvalue weighted by Gasteiger charge is 2.78. The van der Waals surface area contributed by atoms with E-state index in [9.17, 15) is 19.5 Å². The van der Waals surface area contributed by atoms with Gasteiger partial charge in [0.05, 0.1) is 30.8 Å². The number of fused-ring (bicyclic) bond motifs is 1. The largest absolute Gasteiger partial charge is 0.465 e. The van der Waals surface area contributed by atoms with Crippen LogP contribution in [0.5, 0.6) is 0 Å². The van der Waals surface area contributed by atoms with Crippen LogP contribution in [0.1, 0.15) is 51.5 Å².